The third kappa shape index (κ3) is 3.38. The van der Waals surface area contributed by atoms with E-state index in [-0.39, 0.29) is 28.5 Å². The monoisotopic (exact) mass is 397 g/mol. The molecule has 2 aromatic heterocycles. The van der Waals surface area contributed by atoms with Gasteiger partial charge in [-0.15, -0.1) is 0 Å². The first-order valence-electron chi connectivity index (χ1n) is 7.87. The van der Waals surface area contributed by atoms with E-state index in [1.165, 1.54) is 13.2 Å². The van der Waals surface area contributed by atoms with E-state index in [9.17, 15) is 18.0 Å². The molecule has 0 fully saturated rings. The summed E-state index contributed by atoms with van der Waals surface area (Å²) in [7, 11) is 3.00. The van der Waals surface area contributed by atoms with Crippen LogP contribution in [0.4, 0.5) is 18.9 Å². The highest BCUT2D eigenvalue weighted by Crippen LogP contribution is 2.33. The normalized spacial score (nSPS) is 11.8. The van der Waals surface area contributed by atoms with E-state index < -0.39 is 17.4 Å². The van der Waals surface area contributed by atoms with Crippen molar-refractivity contribution in [1.82, 2.24) is 9.55 Å². The number of alkyl halides is 3. The smallest absolute Gasteiger partial charge is 0.387 e. The van der Waals surface area contributed by atoms with Gasteiger partial charge in [0, 0.05) is 19.5 Å². The Bertz CT molecular complexity index is 1060. The van der Waals surface area contributed by atoms with Crippen LogP contribution in [0.25, 0.3) is 16.7 Å². The van der Waals surface area contributed by atoms with Crippen molar-refractivity contribution in [3.63, 3.8) is 0 Å². The molecule has 0 amide bonds. The maximum atomic E-state index is 13.2. The number of nitrogens with one attached hydrogen (secondary N) is 1. The largest absolute Gasteiger partial charge is 0.433 e. The van der Waals surface area contributed by atoms with Crippen LogP contribution in [0.3, 0.4) is 0 Å². The SMILES string of the molecule is CNc1c(COC)c(=O)n(-c2ccccc2Cl)c2nc(C(F)(F)F)ccc12. The molecule has 0 saturated carbocycles. The lowest BCUT2D eigenvalue weighted by Crippen LogP contribution is -2.26. The third-order valence-corrected chi connectivity index (χ3v) is 4.36. The first kappa shape index (κ1) is 19.2. The summed E-state index contributed by atoms with van der Waals surface area (Å²) in [5.74, 6) is 0. The van der Waals surface area contributed by atoms with Gasteiger partial charge in [0.2, 0.25) is 0 Å². The fourth-order valence-electron chi connectivity index (χ4n) is 2.89. The number of hydrogen-bond donors (Lipinski definition) is 1. The fourth-order valence-corrected chi connectivity index (χ4v) is 3.11. The highest BCUT2D eigenvalue weighted by Gasteiger charge is 2.33. The first-order valence-corrected chi connectivity index (χ1v) is 8.24. The Labute approximate surface area is 157 Å². The summed E-state index contributed by atoms with van der Waals surface area (Å²) in [5, 5.41) is 3.42. The molecule has 0 aliphatic rings. The fraction of sp³-hybridized carbons (Fsp3) is 0.222. The van der Waals surface area contributed by atoms with E-state index in [0.29, 0.717) is 11.1 Å². The van der Waals surface area contributed by atoms with Crippen LogP contribution in [-0.4, -0.2) is 23.7 Å². The molecule has 0 saturated heterocycles. The molecular weight excluding hydrogens is 383 g/mol. The molecule has 0 bridgehead atoms. The molecule has 0 spiro atoms. The van der Waals surface area contributed by atoms with Crippen LogP contribution >= 0.6 is 11.6 Å². The van der Waals surface area contributed by atoms with Gasteiger partial charge in [-0.1, -0.05) is 23.7 Å². The topological polar surface area (TPSA) is 56.1 Å². The van der Waals surface area contributed by atoms with Crippen LogP contribution < -0.4 is 10.9 Å². The van der Waals surface area contributed by atoms with Crippen molar-refractivity contribution >= 4 is 28.3 Å². The van der Waals surface area contributed by atoms with E-state index in [4.69, 9.17) is 16.3 Å². The summed E-state index contributed by atoms with van der Waals surface area (Å²) in [6.45, 7) is -0.0313. The molecule has 0 aliphatic heterocycles. The molecule has 1 aromatic carbocycles. The van der Waals surface area contributed by atoms with Crippen molar-refractivity contribution in [3.05, 3.63) is 63.0 Å². The van der Waals surface area contributed by atoms with Crippen molar-refractivity contribution in [2.45, 2.75) is 12.8 Å². The van der Waals surface area contributed by atoms with Gasteiger partial charge in [-0.2, -0.15) is 13.2 Å². The van der Waals surface area contributed by atoms with Gasteiger partial charge in [-0.05, 0) is 24.3 Å². The van der Waals surface area contributed by atoms with Crippen LogP contribution in [0.1, 0.15) is 11.3 Å². The van der Waals surface area contributed by atoms with Crippen molar-refractivity contribution < 1.29 is 17.9 Å². The molecule has 3 rings (SSSR count). The zero-order valence-electron chi connectivity index (χ0n) is 14.4. The van der Waals surface area contributed by atoms with Crippen molar-refractivity contribution in [2.75, 3.05) is 19.5 Å². The number of methoxy groups -OCH3 is 1. The number of aromatic nitrogens is 2. The first-order chi connectivity index (χ1) is 12.8. The average molecular weight is 398 g/mol. The average Bonchev–Trinajstić information content (AvgIpc) is 2.62. The molecule has 2 heterocycles. The number of nitrogens with zero attached hydrogens (tertiary/aromatic N) is 2. The lowest BCUT2D eigenvalue weighted by Gasteiger charge is -2.18. The van der Waals surface area contributed by atoms with E-state index in [1.54, 1.807) is 31.3 Å². The van der Waals surface area contributed by atoms with Gasteiger partial charge in [-0.3, -0.25) is 9.36 Å². The number of rotatable bonds is 4. The number of pyridine rings is 2. The van der Waals surface area contributed by atoms with Gasteiger partial charge >= 0.3 is 6.18 Å². The molecule has 0 atom stereocenters. The zero-order chi connectivity index (χ0) is 19.8. The highest BCUT2D eigenvalue weighted by atomic mass is 35.5. The quantitative estimate of drug-likeness (QED) is 0.715. The molecule has 5 nitrogen and oxygen atoms in total. The summed E-state index contributed by atoms with van der Waals surface area (Å²) in [6.07, 6.45) is -4.65. The van der Waals surface area contributed by atoms with Crippen LogP contribution in [0.2, 0.25) is 5.02 Å². The molecule has 0 unspecified atom stereocenters. The maximum Gasteiger partial charge on any atom is 0.433 e. The van der Waals surface area contributed by atoms with Crippen molar-refractivity contribution in [2.24, 2.45) is 0 Å². The molecule has 3 aromatic rings. The summed E-state index contributed by atoms with van der Waals surface area (Å²) in [5.41, 5.74) is -0.950. The molecule has 1 N–H and O–H groups in total. The summed E-state index contributed by atoms with van der Waals surface area (Å²) < 4.78 is 45.8. The highest BCUT2D eigenvalue weighted by molar-refractivity contribution is 6.32. The predicted octanol–water partition coefficient (Wildman–Crippen LogP) is 4.25. The predicted molar refractivity (Wildman–Crippen MR) is 97.6 cm³/mol. The second-order valence-electron chi connectivity index (χ2n) is 5.69. The minimum absolute atomic E-state index is 0.0313. The van der Waals surface area contributed by atoms with Crippen LogP contribution in [0.5, 0.6) is 0 Å². The molecule has 9 heteroatoms. The molecular formula is C18H15ClF3N3O2. The minimum atomic E-state index is -4.65. The summed E-state index contributed by atoms with van der Waals surface area (Å²) in [4.78, 5) is 16.9. The van der Waals surface area contributed by atoms with E-state index in [2.05, 4.69) is 10.3 Å². The van der Waals surface area contributed by atoms with E-state index in [0.717, 1.165) is 10.6 Å². The number of anilines is 1. The number of benzene rings is 1. The van der Waals surface area contributed by atoms with Crippen LogP contribution in [0, 0.1) is 0 Å². The van der Waals surface area contributed by atoms with Gasteiger partial charge < -0.3 is 10.1 Å². The van der Waals surface area contributed by atoms with Crippen molar-refractivity contribution in [3.8, 4) is 5.69 Å². The minimum Gasteiger partial charge on any atom is -0.387 e. The molecule has 142 valence electrons. The Morgan fingerprint density at radius 1 is 1.22 bits per heavy atom. The van der Waals surface area contributed by atoms with Gasteiger partial charge in [0.1, 0.15) is 11.3 Å². The number of ether oxygens (including phenoxy) is 1. The lowest BCUT2D eigenvalue weighted by molar-refractivity contribution is -0.141. The Morgan fingerprint density at radius 3 is 2.52 bits per heavy atom. The van der Waals surface area contributed by atoms with Gasteiger partial charge in [-0.25, -0.2) is 4.98 Å². The van der Waals surface area contributed by atoms with E-state index in [1.807, 2.05) is 0 Å². The van der Waals surface area contributed by atoms with Crippen LogP contribution in [0.15, 0.2) is 41.2 Å². The molecule has 0 aliphatic carbocycles. The number of hydrogen-bond acceptors (Lipinski definition) is 4. The third-order valence-electron chi connectivity index (χ3n) is 4.04. The summed E-state index contributed by atoms with van der Waals surface area (Å²) >= 11 is 6.21. The van der Waals surface area contributed by atoms with Gasteiger partial charge in [0.25, 0.3) is 5.56 Å². The molecule has 0 radical (unpaired) electrons. The number of para-hydroxylation sites is 1. The van der Waals surface area contributed by atoms with Gasteiger partial charge in [0.05, 0.1) is 28.6 Å². The Balaban J connectivity index is 2.52. The maximum absolute atomic E-state index is 13.2. The zero-order valence-corrected chi connectivity index (χ0v) is 15.1. The number of fused-ring (bicyclic) bond motifs is 1. The Kier molecular flexibility index (Phi) is 5.12. The van der Waals surface area contributed by atoms with Crippen molar-refractivity contribution in [1.29, 1.82) is 0 Å². The molecule has 27 heavy (non-hydrogen) atoms. The lowest BCUT2D eigenvalue weighted by atomic mass is 10.1. The standard InChI is InChI=1S/C18H15ClF3N3O2/c1-23-15-10-7-8-14(18(20,21)22)24-16(10)25(17(26)11(15)9-27-2)13-6-4-3-5-12(13)19/h3-8,23H,9H2,1-2H3. The Morgan fingerprint density at radius 2 is 1.93 bits per heavy atom. The Hall–Kier alpha value is -2.58. The number of halogens is 4. The van der Waals surface area contributed by atoms with Crippen LogP contribution in [-0.2, 0) is 17.5 Å². The summed E-state index contributed by atoms with van der Waals surface area (Å²) in [6, 6.07) is 8.54. The second-order valence-corrected chi connectivity index (χ2v) is 6.10. The van der Waals surface area contributed by atoms with Gasteiger partial charge in [0.15, 0.2) is 0 Å². The van der Waals surface area contributed by atoms with E-state index >= 15 is 0 Å². The second kappa shape index (κ2) is 7.21.